The highest BCUT2D eigenvalue weighted by Crippen LogP contribution is 2.25. The number of unbranched alkanes of at least 4 members (excludes halogenated alkanes) is 4. The monoisotopic (exact) mass is 637 g/mol. The molecule has 4 aromatic rings. The number of carboxylic acids is 1. The van der Waals surface area contributed by atoms with Crippen LogP contribution in [-0.4, -0.2) is 46.6 Å². The number of carboxylic acid groups (broad SMARTS) is 1. The second-order valence-corrected chi connectivity index (χ2v) is 13.1. The summed E-state index contributed by atoms with van der Waals surface area (Å²) >= 11 is 0. The molecule has 248 valence electrons. The van der Waals surface area contributed by atoms with Gasteiger partial charge in [0.15, 0.2) is 0 Å². The van der Waals surface area contributed by atoms with Crippen molar-refractivity contribution in [3.05, 3.63) is 95.6 Å². The molecule has 0 bridgehead atoms. The van der Waals surface area contributed by atoms with Gasteiger partial charge in [-0.3, -0.25) is 14.4 Å². The number of hydrogen-bond donors (Lipinski definition) is 3. The Morgan fingerprint density at radius 1 is 0.851 bits per heavy atom. The number of aliphatic carboxylic acids is 1. The Morgan fingerprint density at radius 3 is 2.21 bits per heavy atom. The molecule has 3 N–H and O–H groups in total. The van der Waals surface area contributed by atoms with Crippen molar-refractivity contribution in [3.8, 4) is 17.0 Å². The van der Waals surface area contributed by atoms with Gasteiger partial charge in [-0.15, -0.1) is 0 Å². The van der Waals surface area contributed by atoms with Crippen LogP contribution in [0, 0.1) is 0 Å². The van der Waals surface area contributed by atoms with Gasteiger partial charge in [0.1, 0.15) is 17.8 Å². The van der Waals surface area contributed by atoms with E-state index in [1.165, 1.54) is 32.6 Å². The number of benzene rings is 3. The standard InChI is InChI=1S/C39H47N3O5/c1-6-7-8-9-10-23-47-32-20-22-34-30(25-32)17-21-33(41-34)28-13-11-27(12-14-28)24-35(37(44)40-26(2)38(45)46)42-36(43)29-15-18-31(19-16-29)39(3,4)5/h11-22,25-26,35H,6-10,23-24H2,1-5H3,(H,40,44)(H,42,43)(H,45,46). The van der Waals surface area contributed by atoms with E-state index in [9.17, 15) is 19.5 Å². The van der Waals surface area contributed by atoms with Crippen LogP contribution in [-0.2, 0) is 21.4 Å². The average molecular weight is 638 g/mol. The van der Waals surface area contributed by atoms with E-state index in [0.29, 0.717) is 12.2 Å². The average Bonchev–Trinajstić information content (AvgIpc) is 3.05. The first-order chi connectivity index (χ1) is 22.4. The normalized spacial score (nSPS) is 12.7. The van der Waals surface area contributed by atoms with Gasteiger partial charge in [-0.1, -0.05) is 95.8 Å². The number of pyridine rings is 1. The number of carbonyl (C=O) groups excluding carboxylic acids is 2. The molecule has 2 unspecified atom stereocenters. The van der Waals surface area contributed by atoms with Crippen LogP contribution in [0.5, 0.6) is 5.75 Å². The van der Waals surface area contributed by atoms with Crippen LogP contribution < -0.4 is 15.4 Å². The van der Waals surface area contributed by atoms with Crippen molar-refractivity contribution >= 4 is 28.7 Å². The maximum absolute atomic E-state index is 13.2. The highest BCUT2D eigenvalue weighted by molar-refractivity contribution is 5.98. The Bertz CT molecular complexity index is 1660. The number of fused-ring (bicyclic) bond motifs is 1. The van der Waals surface area contributed by atoms with Crippen molar-refractivity contribution in [2.45, 2.75) is 90.6 Å². The van der Waals surface area contributed by atoms with Gasteiger partial charge in [-0.25, -0.2) is 4.98 Å². The summed E-state index contributed by atoms with van der Waals surface area (Å²) in [6.45, 7) is 10.6. The summed E-state index contributed by atoms with van der Waals surface area (Å²) in [6, 6.07) is 22.8. The number of nitrogens with one attached hydrogen (secondary N) is 2. The zero-order valence-corrected chi connectivity index (χ0v) is 28.1. The van der Waals surface area contributed by atoms with Crippen LogP contribution >= 0.6 is 0 Å². The van der Waals surface area contributed by atoms with E-state index in [1.807, 2.05) is 66.7 Å². The van der Waals surface area contributed by atoms with Crippen LogP contribution in [0.15, 0.2) is 78.9 Å². The Hall–Kier alpha value is -4.72. The summed E-state index contributed by atoms with van der Waals surface area (Å²) in [5.74, 6) is -1.29. The number of aromatic nitrogens is 1. The third-order valence-corrected chi connectivity index (χ3v) is 8.23. The SMILES string of the molecule is CCCCCCCOc1ccc2nc(-c3ccc(CC(NC(=O)c4ccc(C(C)(C)C)cc4)C(=O)NC(C)C(=O)O)cc3)ccc2c1. The number of amides is 2. The third kappa shape index (κ3) is 10.1. The summed E-state index contributed by atoms with van der Waals surface area (Å²) in [5, 5.41) is 15.6. The maximum atomic E-state index is 13.2. The van der Waals surface area contributed by atoms with E-state index in [2.05, 4.69) is 38.3 Å². The van der Waals surface area contributed by atoms with Gasteiger partial charge < -0.3 is 20.5 Å². The zero-order chi connectivity index (χ0) is 34.0. The van der Waals surface area contributed by atoms with Crippen molar-refractivity contribution in [1.82, 2.24) is 15.6 Å². The number of carbonyl (C=O) groups is 3. The molecule has 0 fully saturated rings. The third-order valence-electron chi connectivity index (χ3n) is 8.23. The Morgan fingerprint density at radius 2 is 1.55 bits per heavy atom. The van der Waals surface area contributed by atoms with Gasteiger partial charge in [0.2, 0.25) is 5.91 Å². The van der Waals surface area contributed by atoms with Crippen LogP contribution in [0.3, 0.4) is 0 Å². The summed E-state index contributed by atoms with van der Waals surface area (Å²) in [6.07, 6.45) is 6.16. The molecule has 0 saturated heterocycles. The lowest BCUT2D eigenvalue weighted by molar-refractivity contribution is -0.141. The zero-order valence-electron chi connectivity index (χ0n) is 28.1. The summed E-state index contributed by atoms with van der Waals surface area (Å²) in [4.78, 5) is 42.6. The lowest BCUT2D eigenvalue weighted by atomic mass is 9.86. The van der Waals surface area contributed by atoms with Gasteiger partial charge in [0.25, 0.3) is 5.91 Å². The molecule has 0 aliphatic heterocycles. The minimum absolute atomic E-state index is 0.0651. The van der Waals surface area contributed by atoms with Crippen LogP contribution in [0.4, 0.5) is 0 Å². The fourth-order valence-corrected chi connectivity index (χ4v) is 5.25. The first kappa shape index (κ1) is 35.1. The largest absolute Gasteiger partial charge is 0.494 e. The molecule has 2 amide bonds. The molecule has 1 heterocycles. The lowest BCUT2D eigenvalue weighted by Crippen LogP contribution is -2.51. The highest BCUT2D eigenvalue weighted by atomic mass is 16.5. The fourth-order valence-electron chi connectivity index (χ4n) is 5.25. The highest BCUT2D eigenvalue weighted by Gasteiger charge is 2.25. The topological polar surface area (TPSA) is 118 Å². The minimum Gasteiger partial charge on any atom is -0.494 e. The second kappa shape index (κ2) is 16.2. The quantitative estimate of drug-likeness (QED) is 0.116. The molecule has 0 radical (unpaired) electrons. The molecular weight excluding hydrogens is 590 g/mol. The lowest BCUT2D eigenvalue weighted by Gasteiger charge is -2.21. The molecular formula is C39H47N3O5. The molecule has 2 atom stereocenters. The molecule has 8 nitrogen and oxygen atoms in total. The van der Waals surface area contributed by atoms with E-state index in [4.69, 9.17) is 9.72 Å². The Balaban J connectivity index is 1.45. The van der Waals surface area contributed by atoms with E-state index < -0.39 is 29.9 Å². The van der Waals surface area contributed by atoms with Crippen molar-refractivity contribution in [2.75, 3.05) is 6.61 Å². The fraction of sp³-hybridized carbons (Fsp3) is 0.385. The van der Waals surface area contributed by atoms with Crippen molar-refractivity contribution in [2.24, 2.45) is 0 Å². The predicted octanol–water partition coefficient (Wildman–Crippen LogP) is 7.48. The smallest absolute Gasteiger partial charge is 0.325 e. The Labute approximate surface area is 278 Å². The predicted molar refractivity (Wildman–Crippen MR) is 187 cm³/mol. The van der Waals surface area contributed by atoms with Gasteiger partial charge in [-0.05, 0) is 66.3 Å². The molecule has 4 rings (SSSR count). The van der Waals surface area contributed by atoms with Crippen molar-refractivity contribution in [3.63, 3.8) is 0 Å². The van der Waals surface area contributed by atoms with E-state index in [-0.39, 0.29) is 11.8 Å². The van der Waals surface area contributed by atoms with Crippen LogP contribution in [0.2, 0.25) is 0 Å². The molecule has 3 aromatic carbocycles. The van der Waals surface area contributed by atoms with Gasteiger partial charge in [0.05, 0.1) is 17.8 Å². The summed E-state index contributed by atoms with van der Waals surface area (Å²) < 4.78 is 5.96. The van der Waals surface area contributed by atoms with Gasteiger partial charge in [0, 0.05) is 22.9 Å². The molecule has 1 aromatic heterocycles. The van der Waals surface area contributed by atoms with Gasteiger partial charge >= 0.3 is 5.97 Å². The van der Waals surface area contributed by atoms with Gasteiger partial charge in [-0.2, -0.15) is 0 Å². The van der Waals surface area contributed by atoms with E-state index in [1.54, 1.807) is 12.1 Å². The molecule has 0 spiro atoms. The molecule has 0 aliphatic rings. The van der Waals surface area contributed by atoms with Crippen LogP contribution in [0.25, 0.3) is 22.2 Å². The minimum atomic E-state index is -1.16. The van der Waals surface area contributed by atoms with E-state index in [0.717, 1.165) is 45.5 Å². The van der Waals surface area contributed by atoms with E-state index >= 15 is 0 Å². The number of nitrogens with zero attached hydrogens (tertiary/aromatic N) is 1. The summed E-state index contributed by atoms with van der Waals surface area (Å²) in [5.41, 5.74) is 4.83. The molecule has 0 aliphatic carbocycles. The number of ether oxygens (including phenoxy) is 1. The summed E-state index contributed by atoms with van der Waals surface area (Å²) in [7, 11) is 0. The molecule has 8 heteroatoms. The van der Waals surface area contributed by atoms with Crippen LogP contribution in [0.1, 0.15) is 88.2 Å². The second-order valence-electron chi connectivity index (χ2n) is 13.1. The Kier molecular flexibility index (Phi) is 12.1. The maximum Gasteiger partial charge on any atom is 0.325 e. The molecule has 0 saturated carbocycles. The number of hydrogen-bond acceptors (Lipinski definition) is 5. The molecule has 47 heavy (non-hydrogen) atoms. The number of rotatable bonds is 15. The van der Waals surface area contributed by atoms with Crippen molar-refractivity contribution < 1.29 is 24.2 Å². The first-order valence-corrected chi connectivity index (χ1v) is 16.5. The van der Waals surface area contributed by atoms with Crippen molar-refractivity contribution in [1.29, 1.82) is 0 Å². The first-order valence-electron chi connectivity index (χ1n) is 16.5.